The lowest BCUT2D eigenvalue weighted by atomic mass is 10.3. The molecule has 0 spiro atoms. The first kappa shape index (κ1) is 23.1. The Labute approximate surface area is 186 Å². The van der Waals surface area contributed by atoms with Crippen LogP contribution in [0, 0.1) is 6.92 Å². The van der Waals surface area contributed by atoms with Gasteiger partial charge >= 0.3 is 0 Å². The molecule has 0 amide bonds. The molecule has 0 bridgehead atoms. The molecule has 148 valence electrons. The average Bonchev–Trinajstić information content (AvgIpc) is 2.74. The number of aromatic nitrogens is 1. The number of hydrogen-bond acceptors (Lipinski definition) is 1. The van der Waals surface area contributed by atoms with Crippen molar-refractivity contribution in [2.24, 2.45) is 0 Å². The van der Waals surface area contributed by atoms with Gasteiger partial charge in [-0.2, -0.15) is 0 Å². The fourth-order valence-electron chi connectivity index (χ4n) is 3.70. The monoisotopic (exact) mass is 439 g/mol. The highest BCUT2D eigenvalue weighted by Crippen LogP contribution is 2.57. The molecule has 4 heteroatoms. The molecular weight excluding hydrogens is 416 g/mol. The second-order valence-corrected chi connectivity index (χ2v) is 10.2. The van der Waals surface area contributed by atoms with Gasteiger partial charge in [0.15, 0.2) is 0 Å². The van der Waals surface area contributed by atoms with Crippen molar-refractivity contribution < 1.29 is 12.4 Å². The zero-order valence-corrected chi connectivity index (χ0v) is 18.7. The van der Waals surface area contributed by atoms with Crippen molar-refractivity contribution >= 4 is 35.6 Å². The molecule has 0 fully saturated rings. The molecule has 1 nitrogen and oxygen atoms in total. The minimum Gasteiger partial charge on any atom is -1.00 e. The average molecular weight is 440 g/mol. The summed E-state index contributed by atoms with van der Waals surface area (Å²) in [6.45, 7) is 2.07. The lowest BCUT2D eigenvalue weighted by Gasteiger charge is -2.27. The van der Waals surface area contributed by atoms with Gasteiger partial charge in [-0.25, -0.2) is 0 Å². The van der Waals surface area contributed by atoms with Gasteiger partial charge in [-0.15, -0.1) is 12.4 Å². The highest BCUT2D eigenvalue weighted by Gasteiger charge is 2.45. The van der Waals surface area contributed by atoms with Crippen molar-refractivity contribution in [2.75, 3.05) is 0 Å². The summed E-state index contributed by atoms with van der Waals surface area (Å²) < 4.78 is 0. The maximum Gasteiger partial charge on any atom is 0.118 e. The summed E-state index contributed by atoms with van der Waals surface area (Å²) in [5.41, 5.74) is 2.22. The van der Waals surface area contributed by atoms with Crippen LogP contribution >= 0.6 is 19.7 Å². The van der Waals surface area contributed by atoms with Crippen LogP contribution in [0.15, 0.2) is 109 Å². The van der Waals surface area contributed by atoms with E-state index in [4.69, 9.17) is 4.98 Å². The maximum atomic E-state index is 4.86. The second-order valence-electron chi connectivity index (χ2n) is 6.74. The molecule has 29 heavy (non-hydrogen) atoms. The fraction of sp³-hybridized carbons (Fsp3) is 0.0800. The van der Waals surface area contributed by atoms with Crippen molar-refractivity contribution in [2.45, 2.75) is 13.1 Å². The van der Waals surface area contributed by atoms with Gasteiger partial charge in [0.25, 0.3) is 0 Å². The Balaban J connectivity index is 0.00000150. The number of halogens is 2. The summed E-state index contributed by atoms with van der Waals surface area (Å²) in [5, 5.41) is 4.18. The molecule has 0 aliphatic heterocycles. The predicted octanol–water partition coefficient (Wildman–Crippen LogP) is 2.31. The number of rotatable bonds is 5. The third kappa shape index (κ3) is 4.87. The van der Waals surface area contributed by atoms with Gasteiger partial charge in [0.2, 0.25) is 0 Å². The highest BCUT2D eigenvalue weighted by molar-refractivity contribution is 7.95. The molecule has 3 aromatic carbocycles. The molecule has 1 heterocycles. The molecule has 1 aromatic heterocycles. The summed E-state index contributed by atoms with van der Waals surface area (Å²) >= 11 is 0. The Morgan fingerprint density at radius 1 is 0.586 bits per heavy atom. The predicted molar refractivity (Wildman–Crippen MR) is 125 cm³/mol. The van der Waals surface area contributed by atoms with Crippen LogP contribution in [-0.2, 0) is 6.16 Å². The number of nitrogens with zero attached hydrogens (tertiary/aromatic N) is 1. The number of hydrogen-bond donors (Lipinski definition) is 0. The van der Waals surface area contributed by atoms with E-state index in [2.05, 4.69) is 116 Å². The third-order valence-corrected chi connectivity index (χ3v) is 9.27. The maximum absolute atomic E-state index is 4.86. The normalized spacial score (nSPS) is 10.5. The van der Waals surface area contributed by atoms with E-state index in [0.717, 1.165) is 17.5 Å². The number of pyridine rings is 1. The third-order valence-electron chi connectivity index (χ3n) is 4.94. The van der Waals surface area contributed by atoms with Crippen LogP contribution in [0.4, 0.5) is 0 Å². The standard InChI is InChI=1S/C25H23NP.2ClH/c1-21-12-11-13-22(26-21)20-27(23-14-5-2-6-15-23,24-16-7-3-8-17-24)25-18-9-4-10-19-25;;/h2-19H,20H2,1H3;2*1H/q+1;;/p-1. The lowest BCUT2D eigenvalue weighted by molar-refractivity contribution is -0.00000564. The first-order valence-electron chi connectivity index (χ1n) is 9.26. The zero-order valence-electron chi connectivity index (χ0n) is 16.3. The molecule has 4 aromatic rings. The summed E-state index contributed by atoms with van der Waals surface area (Å²) in [5.74, 6) is 0. The van der Waals surface area contributed by atoms with Crippen LogP contribution in [0.5, 0.6) is 0 Å². The van der Waals surface area contributed by atoms with E-state index >= 15 is 0 Å². The quantitative estimate of drug-likeness (QED) is 0.434. The van der Waals surface area contributed by atoms with Crippen LogP contribution in [0.2, 0.25) is 0 Å². The highest BCUT2D eigenvalue weighted by atomic mass is 35.5. The molecule has 0 radical (unpaired) electrons. The van der Waals surface area contributed by atoms with Crippen LogP contribution in [-0.4, -0.2) is 4.98 Å². The van der Waals surface area contributed by atoms with Crippen LogP contribution in [0.1, 0.15) is 11.4 Å². The first-order valence-corrected chi connectivity index (χ1v) is 11.2. The van der Waals surface area contributed by atoms with Crippen LogP contribution < -0.4 is 28.3 Å². The molecular formula is C25H24Cl2NP. The van der Waals surface area contributed by atoms with E-state index in [1.165, 1.54) is 15.9 Å². The largest absolute Gasteiger partial charge is 1.00 e. The van der Waals surface area contributed by atoms with Crippen LogP contribution in [0.3, 0.4) is 0 Å². The molecule has 0 aliphatic carbocycles. The van der Waals surface area contributed by atoms with E-state index in [-0.39, 0.29) is 24.8 Å². The molecule has 0 N–H and O–H groups in total. The van der Waals surface area contributed by atoms with Gasteiger partial charge in [0.05, 0.1) is 5.69 Å². The van der Waals surface area contributed by atoms with Gasteiger partial charge in [0, 0.05) is 5.69 Å². The van der Waals surface area contributed by atoms with Crippen molar-refractivity contribution in [1.82, 2.24) is 4.98 Å². The summed E-state index contributed by atoms with van der Waals surface area (Å²) in [4.78, 5) is 4.86. The Kier molecular flexibility index (Phi) is 8.41. The van der Waals surface area contributed by atoms with Gasteiger partial charge in [0.1, 0.15) is 29.3 Å². The van der Waals surface area contributed by atoms with Gasteiger partial charge in [-0.1, -0.05) is 60.7 Å². The van der Waals surface area contributed by atoms with Gasteiger partial charge < -0.3 is 12.4 Å². The van der Waals surface area contributed by atoms with Crippen molar-refractivity contribution in [1.29, 1.82) is 0 Å². The minimum atomic E-state index is -1.86. The SMILES string of the molecule is Cc1cccc(C[P+](c2ccccc2)(c2ccccc2)c2ccccc2)n1.Cl.[Cl-]. The molecule has 4 rings (SSSR count). The van der Waals surface area contributed by atoms with E-state index in [9.17, 15) is 0 Å². The van der Waals surface area contributed by atoms with Gasteiger partial charge in [-0.3, -0.25) is 4.98 Å². The van der Waals surface area contributed by atoms with Gasteiger partial charge in [-0.05, 0) is 55.5 Å². The summed E-state index contributed by atoms with van der Waals surface area (Å²) in [7, 11) is -1.86. The van der Waals surface area contributed by atoms with Crippen molar-refractivity contribution in [3.63, 3.8) is 0 Å². The Morgan fingerprint density at radius 2 is 1.00 bits per heavy atom. The smallest absolute Gasteiger partial charge is 0.118 e. The minimum absolute atomic E-state index is 0. The number of benzene rings is 3. The van der Waals surface area contributed by atoms with E-state index in [0.29, 0.717) is 0 Å². The molecule has 0 saturated heterocycles. The zero-order chi connectivity index (χ0) is 18.5. The lowest BCUT2D eigenvalue weighted by Crippen LogP contribution is -3.00. The van der Waals surface area contributed by atoms with E-state index in [1.54, 1.807) is 0 Å². The Hall–Kier alpha value is -2.18. The van der Waals surface area contributed by atoms with Crippen molar-refractivity contribution in [3.8, 4) is 0 Å². The molecule has 0 atom stereocenters. The van der Waals surface area contributed by atoms with Crippen molar-refractivity contribution in [3.05, 3.63) is 121 Å². The molecule has 0 saturated carbocycles. The topological polar surface area (TPSA) is 12.9 Å². The Morgan fingerprint density at radius 3 is 1.38 bits per heavy atom. The summed E-state index contributed by atoms with van der Waals surface area (Å²) in [6.07, 6.45) is 0.923. The fourth-order valence-corrected chi connectivity index (χ4v) is 7.85. The van der Waals surface area contributed by atoms with E-state index < -0.39 is 7.26 Å². The van der Waals surface area contributed by atoms with Crippen LogP contribution in [0.25, 0.3) is 0 Å². The number of aryl methyl sites for hydroxylation is 1. The Bertz CT molecular complexity index is 912. The van der Waals surface area contributed by atoms with E-state index in [1.807, 2.05) is 0 Å². The summed E-state index contributed by atoms with van der Waals surface area (Å²) in [6, 6.07) is 39.2. The second kappa shape index (κ2) is 10.6. The first-order chi connectivity index (χ1) is 13.3. The molecule has 0 unspecified atom stereocenters. The molecule has 0 aliphatic rings.